The van der Waals surface area contributed by atoms with Crippen LogP contribution in [0.15, 0.2) is 30.6 Å². The SMILES string of the molecule is CN1CCCC(CNCc2cn3ccccc3n2)C1. The van der Waals surface area contributed by atoms with Gasteiger partial charge in [0.05, 0.1) is 5.69 Å². The smallest absolute Gasteiger partial charge is 0.137 e. The number of aromatic nitrogens is 2. The van der Waals surface area contributed by atoms with E-state index in [1.807, 2.05) is 24.4 Å². The van der Waals surface area contributed by atoms with E-state index in [1.54, 1.807) is 0 Å². The largest absolute Gasteiger partial charge is 0.311 e. The van der Waals surface area contributed by atoms with Crippen LogP contribution < -0.4 is 5.32 Å². The zero-order chi connectivity index (χ0) is 13.1. The zero-order valence-corrected chi connectivity index (χ0v) is 11.5. The maximum absolute atomic E-state index is 4.60. The summed E-state index contributed by atoms with van der Waals surface area (Å²) in [5.74, 6) is 0.788. The molecule has 2 aromatic rings. The molecule has 19 heavy (non-hydrogen) atoms. The fourth-order valence-corrected chi connectivity index (χ4v) is 2.92. The van der Waals surface area contributed by atoms with E-state index >= 15 is 0 Å². The fraction of sp³-hybridized carbons (Fsp3) is 0.533. The quantitative estimate of drug-likeness (QED) is 0.907. The van der Waals surface area contributed by atoms with Crippen molar-refractivity contribution in [2.45, 2.75) is 19.4 Å². The lowest BCUT2D eigenvalue weighted by molar-refractivity contribution is 0.206. The van der Waals surface area contributed by atoms with E-state index in [1.165, 1.54) is 25.9 Å². The molecule has 0 radical (unpaired) electrons. The number of hydrogen-bond acceptors (Lipinski definition) is 3. The molecule has 1 fully saturated rings. The summed E-state index contributed by atoms with van der Waals surface area (Å²) in [7, 11) is 2.22. The third kappa shape index (κ3) is 3.14. The first kappa shape index (κ1) is 12.6. The van der Waals surface area contributed by atoms with Crippen LogP contribution in [-0.4, -0.2) is 41.0 Å². The molecule has 3 rings (SSSR count). The maximum Gasteiger partial charge on any atom is 0.137 e. The first-order valence-corrected chi connectivity index (χ1v) is 7.13. The lowest BCUT2D eigenvalue weighted by Crippen LogP contribution is -2.37. The molecule has 0 aliphatic carbocycles. The van der Waals surface area contributed by atoms with Crippen LogP contribution in [0.5, 0.6) is 0 Å². The van der Waals surface area contributed by atoms with Crippen LogP contribution in [0.25, 0.3) is 5.65 Å². The number of imidazole rings is 1. The van der Waals surface area contributed by atoms with Gasteiger partial charge >= 0.3 is 0 Å². The van der Waals surface area contributed by atoms with Crippen LogP contribution in [0.1, 0.15) is 18.5 Å². The van der Waals surface area contributed by atoms with E-state index in [-0.39, 0.29) is 0 Å². The first-order chi connectivity index (χ1) is 9.31. The number of nitrogens with zero attached hydrogens (tertiary/aromatic N) is 3. The van der Waals surface area contributed by atoms with Gasteiger partial charge in [0.15, 0.2) is 0 Å². The van der Waals surface area contributed by atoms with Gasteiger partial charge in [-0.25, -0.2) is 4.98 Å². The molecule has 3 heterocycles. The second-order valence-corrected chi connectivity index (χ2v) is 5.60. The van der Waals surface area contributed by atoms with Gasteiger partial charge in [-0.2, -0.15) is 0 Å². The third-order valence-corrected chi connectivity index (χ3v) is 3.88. The minimum Gasteiger partial charge on any atom is -0.311 e. The number of fused-ring (bicyclic) bond motifs is 1. The predicted molar refractivity (Wildman–Crippen MR) is 77.1 cm³/mol. The Hall–Kier alpha value is -1.39. The minimum atomic E-state index is 0.788. The van der Waals surface area contributed by atoms with Gasteiger partial charge in [-0.05, 0) is 51.0 Å². The molecule has 1 unspecified atom stereocenters. The summed E-state index contributed by atoms with van der Waals surface area (Å²) < 4.78 is 2.07. The highest BCUT2D eigenvalue weighted by atomic mass is 15.1. The first-order valence-electron chi connectivity index (χ1n) is 7.13. The molecule has 0 amide bonds. The van der Waals surface area contributed by atoms with Gasteiger partial charge < -0.3 is 14.6 Å². The van der Waals surface area contributed by atoms with Crippen molar-refractivity contribution in [3.8, 4) is 0 Å². The number of nitrogens with one attached hydrogen (secondary N) is 1. The van der Waals surface area contributed by atoms with Gasteiger partial charge in [-0.15, -0.1) is 0 Å². The normalized spacial score (nSPS) is 21.0. The molecule has 2 aromatic heterocycles. The molecule has 1 aliphatic rings. The van der Waals surface area contributed by atoms with E-state index in [0.717, 1.165) is 30.3 Å². The van der Waals surface area contributed by atoms with E-state index in [2.05, 4.69) is 32.8 Å². The summed E-state index contributed by atoms with van der Waals surface area (Å²) in [6.07, 6.45) is 6.83. The molecule has 1 aliphatic heterocycles. The summed E-state index contributed by atoms with van der Waals surface area (Å²) in [4.78, 5) is 7.03. The van der Waals surface area contributed by atoms with E-state index in [0.29, 0.717) is 0 Å². The van der Waals surface area contributed by atoms with Gasteiger partial charge in [0, 0.05) is 25.5 Å². The molecule has 0 bridgehead atoms. The summed E-state index contributed by atoms with van der Waals surface area (Å²) in [5, 5.41) is 3.55. The Kier molecular flexibility index (Phi) is 3.80. The molecule has 4 heteroatoms. The lowest BCUT2D eigenvalue weighted by atomic mass is 9.98. The minimum absolute atomic E-state index is 0.788. The van der Waals surface area contributed by atoms with E-state index < -0.39 is 0 Å². The van der Waals surface area contributed by atoms with Crippen molar-refractivity contribution < 1.29 is 0 Å². The van der Waals surface area contributed by atoms with Gasteiger partial charge in [0.1, 0.15) is 5.65 Å². The Balaban J connectivity index is 1.51. The van der Waals surface area contributed by atoms with Crippen LogP contribution in [-0.2, 0) is 6.54 Å². The van der Waals surface area contributed by atoms with E-state index in [9.17, 15) is 0 Å². The van der Waals surface area contributed by atoms with Crippen molar-refractivity contribution in [1.82, 2.24) is 19.6 Å². The molecule has 1 N–H and O–H groups in total. The summed E-state index contributed by atoms with van der Waals surface area (Å²) in [5.41, 5.74) is 2.15. The molecule has 0 spiro atoms. The molecular formula is C15H22N4. The van der Waals surface area contributed by atoms with Gasteiger partial charge in [-0.3, -0.25) is 0 Å². The molecule has 0 saturated carbocycles. The number of likely N-dealkylation sites (tertiary alicyclic amines) is 1. The van der Waals surface area contributed by atoms with Crippen LogP contribution >= 0.6 is 0 Å². The fourth-order valence-electron chi connectivity index (χ4n) is 2.92. The van der Waals surface area contributed by atoms with Crippen molar-refractivity contribution in [3.05, 3.63) is 36.3 Å². The summed E-state index contributed by atoms with van der Waals surface area (Å²) in [6, 6.07) is 6.10. The average molecular weight is 258 g/mol. The molecular weight excluding hydrogens is 236 g/mol. The average Bonchev–Trinajstić information content (AvgIpc) is 2.81. The second kappa shape index (κ2) is 5.72. The molecule has 102 valence electrons. The molecule has 4 nitrogen and oxygen atoms in total. The van der Waals surface area contributed by atoms with Crippen LogP contribution in [0.2, 0.25) is 0 Å². The second-order valence-electron chi connectivity index (χ2n) is 5.60. The van der Waals surface area contributed by atoms with Gasteiger partial charge in [0.25, 0.3) is 0 Å². The summed E-state index contributed by atoms with van der Waals surface area (Å²) >= 11 is 0. The highest BCUT2D eigenvalue weighted by molar-refractivity contribution is 5.39. The number of hydrogen-bond donors (Lipinski definition) is 1. The van der Waals surface area contributed by atoms with Crippen molar-refractivity contribution in [1.29, 1.82) is 0 Å². The number of rotatable bonds is 4. The standard InChI is InChI=1S/C15H22N4/c1-18-7-4-5-13(11-18)9-16-10-14-12-19-8-3-2-6-15(19)17-14/h2-3,6,8,12-13,16H,4-5,7,9-11H2,1H3. The topological polar surface area (TPSA) is 32.6 Å². The van der Waals surface area contributed by atoms with Crippen molar-refractivity contribution in [2.24, 2.45) is 5.92 Å². The number of pyridine rings is 1. The monoisotopic (exact) mass is 258 g/mol. The Labute approximate surface area is 114 Å². The van der Waals surface area contributed by atoms with Crippen molar-refractivity contribution in [2.75, 3.05) is 26.7 Å². The summed E-state index contributed by atoms with van der Waals surface area (Å²) in [6.45, 7) is 4.43. The van der Waals surface area contributed by atoms with Gasteiger partial charge in [0.2, 0.25) is 0 Å². The lowest BCUT2D eigenvalue weighted by Gasteiger charge is -2.29. The van der Waals surface area contributed by atoms with E-state index in [4.69, 9.17) is 0 Å². The predicted octanol–water partition coefficient (Wildman–Crippen LogP) is 1.77. The van der Waals surface area contributed by atoms with Crippen molar-refractivity contribution >= 4 is 5.65 Å². The Morgan fingerprint density at radius 1 is 1.42 bits per heavy atom. The number of piperidine rings is 1. The molecule has 1 saturated heterocycles. The Bertz CT molecular complexity index is 501. The maximum atomic E-state index is 4.60. The van der Waals surface area contributed by atoms with Crippen LogP contribution in [0.3, 0.4) is 0 Å². The van der Waals surface area contributed by atoms with Crippen molar-refractivity contribution in [3.63, 3.8) is 0 Å². The zero-order valence-electron chi connectivity index (χ0n) is 11.5. The Morgan fingerprint density at radius 3 is 3.21 bits per heavy atom. The molecule has 0 aromatic carbocycles. The highest BCUT2D eigenvalue weighted by Crippen LogP contribution is 2.14. The molecule has 1 atom stereocenters. The highest BCUT2D eigenvalue weighted by Gasteiger charge is 2.16. The van der Waals surface area contributed by atoms with Gasteiger partial charge in [-0.1, -0.05) is 6.07 Å². The Morgan fingerprint density at radius 2 is 2.37 bits per heavy atom. The van der Waals surface area contributed by atoms with Crippen LogP contribution in [0.4, 0.5) is 0 Å². The van der Waals surface area contributed by atoms with Crippen LogP contribution in [0, 0.1) is 5.92 Å². The third-order valence-electron chi connectivity index (χ3n) is 3.88.